The van der Waals surface area contributed by atoms with Gasteiger partial charge >= 0.3 is 0 Å². The summed E-state index contributed by atoms with van der Waals surface area (Å²) in [4.78, 5) is 14.6. The third kappa shape index (κ3) is 4.19. The van der Waals surface area contributed by atoms with Gasteiger partial charge in [-0.3, -0.25) is 4.79 Å². The zero-order valence-corrected chi connectivity index (χ0v) is 13.0. The van der Waals surface area contributed by atoms with Crippen molar-refractivity contribution in [1.29, 1.82) is 0 Å². The van der Waals surface area contributed by atoms with E-state index in [1.165, 1.54) is 0 Å². The second kappa shape index (κ2) is 6.90. The Kier molecular flexibility index (Phi) is 5.44. The number of rotatable bonds is 5. The van der Waals surface area contributed by atoms with Gasteiger partial charge in [0.1, 0.15) is 0 Å². The topological polar surface area (TPSA) is 52.6 Å². The zero-order chi connectivity index (χ0) is 14.6. The van der Waals surface area contributed by atoms with Crippen LogP contribution in [0.3, 0.4) is 0 Å². The second-order valence-corrected chi connectivity index (χ2v) is 6.90. The Bertz CT molecular complexity index is 324. The Morgan fingerprint density at radius 2 is 2.05 bits per heavy atom. The standard InChI is InChI=1S/C16H30N2O2/c1-13(2)18-11-5-6-14(12-18)15(19)17-10-9-16(20)7-3-4-8-16/h13-14,20H,3-12H2,1-2H3,(H,17,19). The first-order valence-electron chi connectivity index (χ1n) is 8.24. The molecule has 1 amide bonds. The van der Waals surface area contributed by atoms with Gasteiger partial charge < -0.3 is 15.3 Å². The third-order valence-electron chi connectivity index (χ3n) is 4.98. The lowest BCUT2D eigenvalue weighted by Crippen LogP contribution is -2.46. The molecule has 1 aliphatic heterocycles. The van der Waals surface area contributed by atoms with Gasteiger partial charge in [-0.15, -0.1) is 0 Å². The molecule has 1 unspecified atom stereocenters. The summed E-state index contributed by atoms with van der Waals surface area (Å²) in [5, 5.41) is 13.3. The Labute approximate surface area is 122 Å². The van der Waals surface area contributed by atoms with Gasteiger partial charge in [0, 0.05) is 19.1 Å². The van der Waals surface area contributed by atoms with Crippen LogP contribution in [0.15, 0.2) is 0 Å². The van der Waals surface area contributed by atoms with Crippen LogP contribution in [-0.2, 0) is 4.79 Å². The molecule has 2 N–H and O–H groups in total. The molecule has 0 aromatic rings. The molecule has 1 saturated heterocycles. The van der Waals surface area contributed by atoms with Crippen LogP contribution >= 0.6 is 0 Å². The Morgan fingerprint density at radius 1 is 1.35 bits per heavy atom. The molecule has 20 heavy (non-hydrogen) atoms. The lowest BCUT2D eigenvalue weighted by molar-refractivity contribution is -0.127. The lowest BCUT2D eigenvalue weighted by atomic mass is 9.95. The minimum Gasteiger partial charge on any atom is -0.390 e. The number of hydrogen-bond donors (Lipinski definition) is 2. The predicted octanol–water partition coefficient (Wildman–Crippen LogP) is 1.92. The number of carbonyl (C=O) groups excluding carboxylic acids is 1. The van der Waals surface area contributed by atoms with Gasteiger partial charge in [-0.2, -0.15) is 0 Å². The summed E-state index contributed by atoms with van der Waals surface area (Å²) in [7, 11) is 0. The highest BCUT2D eigenvalue weighted by Gasteiger charge is 2.31. The molecule has 2 rings (SSSR count). The van der Waals surface area contributed by atoms with Gasteiger partial charge in [0.15, 0.2) is 0 Å². The maximum absolute atomic E-state index is 12.2. The van der Waals surface area contributed by atoms with Crippen molar-refractivity contribution >= 4 is 5.91 Å². The highest BCUT2D eigenvalue weighted by atomic mass is 16.3. The molecule has 1 saturated carbocycles. The molecule has 1 heterocycles. The van der Waals surface area contributed by atoms with Crippen LogP contribution in [0.25, 0.3) is 0 Å². The molecule has 2 aliphatic rings. The summed E-state index contributed by atoms with van der Waals surface area (Å²) in [5.41, 5.74) is -0.510. The fourth-order valence-corrected chi connectivity index (χ4v) is 3.54. The van der Waals surface area contributed by atoms with E-state index in [1.807, 2.05) is 0 Å². The number of nitrogens with one attached hydrogen (secondary N) is 1. The highest BCUT2D eigenvalue weighted by molar-refractivity contribution is 5.78. The number of carbonyl (C=O) groups is 1. The van der Waals surface area contributed by atoms with Crippen LogP contribution in [0.1, 0.15) is 58.8 Å². The molecule has 4 nitrogen and oxygen atoms in total. The quantitative estimate of drug-likeness (QED) is 0.810. The third-order valence-corrected chi connectivity index (χ3v) is 4.98. The Balaban J connectivity index is 1.71. The van der Waals surface area contributed by atoms with Crippen molar-refractivity contribution in [3.63, 3.8) is 0 Å². The molecule has 0 radical (unpaired) electrons. The van der Waals surface area contributed by atoms with E-state index in [-0.39, 0.29) is 11.8 Å². The van der Waals surface area contributed by atoms with E-state index in [9.17, 15) is 9.90 Å². The second-order valence-electron chi connectivity index (χ2n) is 6.90. The van der Waals surface area contributed by atoms with Gasteiger partial charge in [-0.1, -0.05) is 12.8 Å². The van der Waals surface area contributed by atoms with Crippen molar-refractivity contribution in [3.8, 4) is 0 Å². The van der Waals surface area contributed by atoms with E-state index in [0.29, 0.717) is 19.0 Å². The summed E-state index contributed by atoms with van der Waals surface area (Å²) >= 11 is 0. The maximum atomic E-state index is 12.2. The molecule has 0 aromatic carbocycles. The number of amides is 1. The van der Waals surface area contributed by atoms with E-state index in [2.05, 4.69) is 24.1 Å². The number of likely N-dealkylation sites (tertiary alicyclic amines) is 1. The minimum absolute atomic E-state index is 0.129. The van der Waals surface area contributed by atoms with Crippen LogP contribution in [0.4, 0.5) is 0 Å². The fraction of sp³-hybridized carbons (Fsp3) is 0.938. The predicted molar refractivity (Wildman–Crippen MR) is 80.5 cm³/mol. The van der Waals surface area contributed by atoms with Crippen molar-refractivity contribution in [1.82, 2.24) is 10.2 Å². The van der Waals surface area contributed by atoms with E-state index in [0.717, 1.165) is 51.6 Å². The maximum Gasteiger partial charge on any atom is 0.224 e. The molecule has 1 atom stereocenters. The van der Waals surface area contributed by atoms with Crippen LogP contribution in [-0.4, -0.2) is 47.2 Å². The number of nitrogens with zero attached hydrogens (tertiary/aromatic N) is 1. The first-order chi connectivity index (χ1) is 9.50. The van der Waals surface area contributed by atoms with Crippen LogP contribution in [0.2, 0.25) is 0 Å². The van der Waals surface area contributed by atoms with Gasteiger partial charge in [0.2, 0.25) is 5.91 Å². The lowest BCUT2D eigenvalue weighted by Gasteiger charge is -2.34. The average molecular weight is 282 g/mol. The van der Waals surface area contributed by atoms with Crippen LogP contribution < -0.4 is 5.32 Å². The molecule has 4 heteroatoms. The van der Waals surface area contributed by atoms with E-state index in [1.54, 1.807) is 0 Å². The minimum atomic E-state index is -0.510. The molecule has 0 aromatic heterocycles. The molecule has 2 fully saturated rings. The summed E-state index contributed by atoms with van der Waals surface area (Å²) in [6, 6.07) is 0.518. The van der Waals surface area contributed by atoms with Crippen molar-refractivity contribution in [2.45, 2.75) is 70.4 Å². The smallest absolute Gasteiger partial charge is 0.224 e. The summed E-state index contributed by atoms with van der Waals surface area (Å²) in [5.74, 6) is 0.307. The molecule has 1 aliphatic carbocycles. The average Bonchev–Trinajstić information content (AvgIpc) is 2.85. The first kappa shape index (κ1) is 15.8. The summed E-state index contributed by atoms with van der Waals surface area (Å²) in [6.45, 7) is 6.99. The highest BCUT2D eigenvalue weighted by Crippen LogP contribution is 2.31. The Hall–Kier alpha value is -0.610. The fourth-order valence-electron chi connectivity index (χ4n) is 3.54. The van der Waals surface area contributed by atoms with Gasteiger partial charge in [0.05, 0.1) is 11.5 Å². The largest absolute Gasteiger partial charge is 0.390 e. The van der Waals surface area contributed by atoms with Gasteiger partial charge in [-0.05, 0) is 52.5 Å². The molecule has 116 valence electrons. The first-order valence-corrected chi connectivity index (χ1v) is 8.24. The number of aliphatic hydroxyl groups is 1. The number of hydrogen-bond acceptors (Lipinski definition) is 3. The van der Waals surface area contributed by atoms with Crippen LogP contribution in [0, 0.1) is 5.92 Å². The number of piperidine rings is 1. The van der Waals surface area contributed by atoms with E-state index < -0.39 is 5.60 Å². The molecule has 0 spiro atoms. The van der Waals surface area contributed by atoms with Gasteiger partial charge in [0.25, 0.3) is 0 Å². The van der Waals surface area contributed by atoms with Crippen LogP contribution in [0.5, 0.6) is 0 Å². The van der Waals surface area contributed by atoms with Crippen molar-refractivity contribution < 1.29 is 9.90 Å². The summed E-state index contributed by atoms with van der Waals surface area (Å²) < 4.78 is 0. The van der Waals surface area contributed by atoms with Crippen molar-refractivity contribution in [2.75, 3.05) is 19.6 Å². The zero-order valence-electron chi connectivity index (χ0n) is 13.0. The Morgan fingerprint density at radius 3 is 2.70 bits per heavy atom. The SMILES string of the molecule is CC(C)N1CCCC(C(=O)NCCC2(O)CCCC2)C1. The summed E-state index contributed by atoms with van der Waals surface area (Å²) in [6.07, 6.45) is 6.85. The molecular formula is C16H30N2O2. The van der Waals surface area contributed by atoms with Crippen molar-refractivity contribution in [3.05, 3.63) is 0 Å². The molecular weight excluding hydrogens is 252 g/mol. The van der Waals surface area contributed by atoms with Crippen molar-refractivity contribution in [2.24, 2.45) is 5.92 Å². The van der Waals surface area contributed by atoms with E-state index >= 15 is 0 Å². The monoisotopic (exact) mass is 282 g/mol. The van der Waals surface area contributed by atoms with E-state index in [4.69, 9.17) is 0 Å². The van der Waals surface area contributed by atoms with Gasteiger partial charge in [-0.25, -0.2) is 0 Å². The molecule has 0 bridgehead atoms. The normalized spacial score (nSPS) is 26.9.